The summed E-state index contributed by atoms with van der Waals surface area (Å²) in [5, 5.41) is 3.13. The van der Waals surface area contributed by atoms with E-state index in [1.54, 1.807) is 13.8 Å². The fourth-order valence-corrected chi connectivity index (χ4v) is 1.06. The Balaban J connectivity index is 2.61. The lowest BCUT2D eigenvalue weighted by Crippen LogP contribution is -2.37. The first-order valence-corrected chi connectivity index (χ1v) is 4.81. The van der Waals surface area contributed by atoms with E-state index in [0.29, 0.717) is 12.2 Å². The Morgan fingerprint density at radius 3 is 2.67 bits per heavy atom. The molecule has 0 spiro atoms. The Bertz CT molecular complexity index is 361. The maximum absolute atomic E-state index is 11.1. The van der Waals surface area contributed by atoms with E-state index in [4.69, 9.17) is 11.5 Å². The van der Waals surface area contributed by atoms with Crippen molar-refractivity contribution in [1.82, 2.24) is 0 Å². The van der Waals surface area contributed by atoms with Gasteiger partial charge in [-0.15, -0.1) is 0 Å². The summed E-state index contributed by atoms with van der Waals surface area (Å²) < 4.78 is 0. The lowest BCUT2D eigenvalue weighted by molar-refractivity contribution is -0.125. The number of hydrogen-bond donors (Lipinski definition) is 3. The van der Waals surface area contributed by atoms with Crippen LogP contribution in [0.25, 0.3) is 0 Å². The molecule has 0 aliphatic heterocycles. The van der Waals surface area contributed by atoms with E-state index in [1.807, 2.05) is 24.3 Å². The molecule has 0 fully saturated rings. The second-order valence-electron chi connectivity index (χ2n) is 4.23. The molecule has 0 aliphatic rings. The van der Waals surface area contributed by atoms with Crippen LogP contribution < -0.4 is 16.8 Å². The molecule has 0 saturated carbocycles. The molecule has 0 heterocycles. The van der Waals surface area contributed by atoms with Gasteiger partial charge in [0.05, 0.1) is 5.41 Å². The maximum Gasteiger partial charge on any atom is 0.224 e. The Kier molecular flexibility index (Phi) is 3.19. The van der Waals surface area contributed by atoms with E-state index >= 15 is 0 Å². The third-order valence-corrected chi connectivity index (χ3v) is 2.29. The number of benzene rings is 1. The molecule has 0 aromatic heterocycles. The van der Waals surface area contributed by atoms with Crippen LogP contribution in [0.1, 0.15) is 13.8 Å². The van der Waals surface area contributed by atoms with Crippen molar-refractivity contribution in [2.75, 3.05) is 17.6 Å². The number of amides is 1. The van der Waals surface area contributed by atoms with Gasteiger partial charge < -0.3 is 16.8 Å². The number of rotatable bonds is 4. The molecule has 0 saturated heterocycles. The topological polar surface area (TPSA) is 81.1 Å². The summed E-state index contributed by atoms with van der Waals surface area (Å²) in [6.45, 7) is 4.09. The molecule has 0 unspecified atom stereocenters. The molecule has 4 heteroatoms. The van der Waals surface area contributed by atoms with Crippen molar-refractivity contribution < 1.29 is 4.79 Å². The van der Waals surface area contributed by atoms with Crippen molar-refractivity contribution in [2.24, 2.45) is 11.1 Å². The largest absolute Gasteiger partial charge is 0.399 e. The van der Waals surface area contributed by atoms with E-state index in [1.165, 1.54) is 0 Å². The molecule has 15 heavy (non-hydrogen) atoms. The Morgan fingerprint density at radius 1 is 1.47 bits per heavy atom. The van der Waals surface area contributed by atoms with Gasteiger partial charge in [-0.2, -0.15) is 0 Å². The number of anilines is 2. The molecule has 1 rings (SSSR count). The van der Waals surface area contributed by atoms with Gasteiger partial charge in [-0.1, -0.05) is 6.07 Å². The average molecular weight is 207 g/mol. The number of nitrogen functional groups attached to an aromatic ring is 1. The van der Waals surface area contributed by atoms with Crippen LogP contribution in [0.3, 0.4) is 0 Å². The summed E-state index contributed by atoms with van der Waals surface area (Å²) in [5.74, 6) is -0.320. The highest BCUT2D eigenvalue weighted by Gasteiger charge is 2.24. The number of nitrogens with one attached hydrogen (secondary N) is 1. The predicted octanol–water partition coefficient (Wildman–Crippen LogP) is 1.19. The molecule has 1 aromatic rings. The average Bonchev–Trinajstić information content (AvgIpc) is 2.15. The van der Waals surface area contributed by atoms with Crippen LogP contribution in [-0.4, -0.2) is 12.5 Å². The third kappa shape index (κ3) is 3.16. The Labute approximate surface area is 89.6 Å². The first-order valence-electron chi connectivity index (χ1n) is 4.81. The molecule has 1 aromatic carbocycles. The smallest absolute Gasteiger partial charge is 0.224 e. The minimum atomic E-state index is -0.565. The molecule has 5 N–H and O–H groups in total. The van der Waals surface area contributed by atoms with E-state index in [-0.39, 0.29) is 5.91 Å². The fraction of sp³-hybridized carbons (Fsp3) is 0.364. The van der Waals surface area contributed by atoms with Gasteiger partial charge in [-0.3, -0.25) is 4.79 Å². The molecule has 82 valence electrons. The monoisotopic (exact) mass is 207 g/mol. The molecule has 4 nitrogen and oxygen atoms in total. The van der Waals surface area contributed by atoms with E-state index in [9.17, 15) is 4.79 Å². The van der Waals surface area contributed by atoms with Gasteiger partial charge in [0.15, 0.2) is 0 Å². The first kappa shape index (κ1) is 11.4. The summed E-state index contributed by atoms with van der Waals surface area (Å²) in [6.07, 6.45) is 0. The quantitative estimate of drug-likeness (QED) is 0.649. The summed E-state index contributed by atoms with van der Waals surface area (Å²) in [7, 11) is 0. The number of primary amides is 1. The van der Waals surface area contributed by atoms with Crippen molar-refractivity contribution in [3.8, 4) is 0 Å². The van der Waals surface area contributed by atoms with Crippen LogP contribution in [0, 0.1) is 5.41 Å². The highest BCUT2D eigenvalue weighted by molar-refractivity contribution is 5.80. The fourth-order valence-electron chi connectivity index (χ4n) is 1.06. The van der Waals surface area contributed by atoms with Crippen molar-refractivity contribution in [1.29, 1.82) is 0 Å². The van der Waals surface area contributed by atoms with E-state index in [2.05, 4.69) is 5.32 Å². The minimum Gasteiger partial charge on any atom is -0.399 e. The molecule has 1 amide bonds. The van der Waals surface area contributed by atoms with E-state index < -0.39 is 5.41 Å². The normalized spacial score (nSPS) is 11.1. The van der Waals surface area contributed by atoms with Crippen molar-refractivity contribution >= 4 is 17.3 Å². The lowest BCUT2D eigenvalue weighted by atomic mass is 9.93. The van der Waals surface area contributed by atoms with Crippen molar-refractivity contribution in [3.63, 3.8) is 0 Å². The molecule has 0 atom stereocenters. The van der Waals surface area contributed by atoms with Crippen LogP contribution >= 0.6 is 0 Å². The number of hydrogen-bond acceptors (Lipinski definition) is 3. The van der Waals surface area contributed by atoms with Crippen LogP contribution in [0.5, 0.6) is 0 Å². The van der Waals surface area contributed by atoms with Crippen LogP contribution in [0.4, 0.5) is 11.4 Å². The van der Waals surface area contributed by atoms with E-state index in [0.717, 1.165) is 5.69 Å². The van der Waals surface area contributed by atoms with Gasteiger partial charge in [0.1, 0.15) is 0 Å². The second-order valence-corrected chi connectivity index (χ2v) is 4.23. The van der Waals surface area contributed by atoms with Gasteiger partial charge >= 0.3 is 0 Å². The summed E-state index contributed by atoms with van der Waals surface area (Å²) >= 11 is 0. The molecule has 0 aliphatic carbocycles. The Hall–Kier alpha value is -1.71. The zero-order valence-corrected chi connectivity index (χ0v) is 9.08. The first-order chi connectivity index (χ1) is 6.92. The number of carbonyl (C=O) groups is 1. The highest BCUT2D eigenvalue weighted by atomic mass is 16.1. The van der Waals surface area contributed by atoms with Crippen molar-refractivity contribution in [2.45, 2.75) is 13.8 Å². The van der Waals surface area contributed by atoms with Gasteiger partial charge in [0.2, 0.25) is 5.91 Å². The summed E-state index contributed by atoms with van der Waals surface area (Å²) in [6, 6.07) is 7.38. The molecular formula is C11H17N3O. The SMILES string of the molecule is CC(C)(CNc1cccc(N)c1)C(N)=O. The van der Waals surface area contributed by atoms with Crippen LogP contribution in [0.2, 0.25) is 0 Å². The highest BCUT2D eigenvalue weighted by Crippen LogP contribution is 2.17. The van der Waals surface area contributed by atoms with Gasteiger partial charge in [0.25, 0.3) is 0 Å². The van der Waals surface area contributed by atoms with Gasteiger partial charge in [-0.25, -0.2) is 0 Å². The van der Waals surface area contributed by atoms with Crippen LogP contribution in [-0.2, 0) is 4.79 Å². The van der Waals surface area contributed by atoms with Crippen molar-refractivity contribution in [3.05, 3.63) is 24.3 Å². The Morgan fingerprint density at radius 2 is 2.13 bits per heavy atom. The number of nitrogens with two attached hydrogens (primary N) is 2. The maximum atomic E-state index is 11.1. The molecular weight excluding hydrogens is 190 g/mol. The summed E-state index contributed by atoms with van der Waals surface area (Å²) in [5.41, 5.74) is 11.9. The molecule has 0 bridgehead atoms. The lowest BCUT2D eigenvalue weighted by Gasteiger charge is -2.21. The molecule has 0 radical (unpaired) electrons. The zero-order valence-electron chi connectivity index (χ0n) is 9.08. The summed E-state index contributed by atoms with van der Waals surface area (Å²) in [4.78, 5) is 11.1. The van der Waals surface area contributed by atoms with Gasteiger partial charge in [0, 0.05) is 17.9 Å². The van der Waals surface area contributed by atoms with Crippen LogP contribution in [0.15, 0.2) is 24.3 Å². The predicted molar refractivity (Wildman–Crippen MR) is 62.3 cm³/mol. The second kappa shape index (κ2) is 4.21. The standard InChI is InChI=1S/C11H17N3O/c1-11(2,10(13)15)7-14-9-5-3-4-8(12)6-9/h3-6,14H,7,12H2,1-2H3,(H2,13,15). The third-order valence-electron chi connectivity index (χ3n) is 2.29. The zero-order chi connectivity index (χ0) is 11.5. The minimum absolute atomic E-state index is 0.320. The number of carbonyl (C=O) groups excluding carboxylic acids is 1. The van der Waals surface area contributed by atoms with Gasteiger partial charge in [-0.05, 0) is 32.0 Å².